The Labute approximate surface area is 175 Å². The number of fused-ring (bicyclic) bond motifs is 3. The first kappa shape index (κ1) is 20.4. The van der Waals surface area contributed by atoms with Gasteiger partial charge in [-0.1, -0.05) is 31.0 Å². The van der Waals surface area contributed by atoms with Gasteiger partial charge in [0.15, 0.2) is 0 Å². The number of aryl methyl sites for hydroxylation is 2. The lowest BCUT2D eigenvalue weighted by atomic mass is 10.0. The van der Waals surface area contributed by atoms with Crippen LogP contribution in [-0.4, -0.2) is 31.9 Å². The highest BCUT2D eigenvalue weighted by Crippen LogP contribution is 2.30. The molecular weight excluding hydrogens is 380 g/mol. The van der Waals surface area contributed by atoms with E-state index in [-0.39, 0.29) is 12.5 Å². The van der Waals surface area contributed by atoms with Crippen molar-refractivity contribution in [3.05, 3.63) is 58.9 Å². The number of carboxylic acid groups (broad SMARTS) is 1. The molecule has 2 aromatic heterocycles. The fraction of sp³-hybridized carbons (Fsp3) is 0.391. The van der Waals surface area contributed by atoms with Crippen molar-refractivity contribution in [2.75, 3.05) is 5.17 Å². The molecule has 1 aromatic carbocycles. The summed E-state index contributed by atoms with van der Waals surface area (Å²) in [5.41, 5.74) is 8.99. The number of nitrogens with one attached hydrogen (secondary N) is 1. The molecule has 7 nitrogen and oxygen atoms in total. The zero-order valence-electron chi connectivity index (χ0n) is 17.4. The summed E-state index contributed by atoms with van der Waals surface area (Å²) >= 11 is 0. The van der Waals surface area contributed by atoms with E-state index in [0.717, 1.165) is 64.4 Å². The molecule has 4 rings (SSSR count). The fourth-order valence-electron chi connectivity index (χ4n) is 4.49. The van der Waals surface area contributed by atoms with Crippen molar-refractivity contribution >= 4 is 22.7 Å². The van der Waals surface area contributed by atoms with E-state index in [4.69, 9.17) is 0 Å². The van der Waals surface area contributed by atoms with Crippen LogP contribution in [0.5, 0.6) is 0 Å². The van der Waals surface area contributed by atoms with Gasteiger partial charge in [0.05, 0.1) is 12.1 Å². The highest BCUT2D eigenvalue weighted by molar-refractivity contribution is 5.86. The number of carboxylic acids is 1. The summed E-state index contributed by atoms with van der Waals surface area (Å²) in [5.74, 6) is -0.834. The normalized spacial score (nSPS) is 15.9. The van der Waals surface area contributed by atoms with E-state index in [9.17, 15) is 15.1 Å². The molecule has 1 aliphatic rings. The van der Waals surface area contributed by atoms with Gasteiger partial charge in [0.1, 0.15) is 5.65 Å². The van der Waals surface area contributed by atoms with Gasteiger partial charge < -0.3 is 9.67 Å². The summed E-state index contributed by atoms with van der Waals surface area (Å²) in [7, 11) is 0. The molecule has 1 atom stereocenters. The molecule has 3 N–H and O–H groups in total. The van der Waals surface area contributed by atoms with Gasteiger partial charge in [0.25, 0.3) is 0 Å². The van der Waals surface area contributed by atoms with Crippen molar-refractivity contribution < 1.29 is 15.1 Å². The minimum atomic E-state index is -0.834. The van der Waals surface area contributed by atoms with Crippen LogP contribution in [0.25, 0.3) is 11.0 Å². The predicted octanol–water partition coefficient (Wildman–Crippen LogP) is 3.64. The SMILES string of the molecule is CCCc1cc(C)ccc1N(O)NC1CCc2c(CC(=O)O)c3cccnc3n2C1. The van der Waals surface area contributed by atoms with Crippen LogP contribution in [-0.2, 0) is 30.6 Å². The molecule has 30 heavy (non-hydrogen) atoms. The van der Waals surface area contributed by atoms with Crippen LogP contribution in [0.1, 0.15) is 42.1 Å². The van der Waals surface area contributed by atoms with Crippen LogP contribution >= 0.6 is 0 Å². The van der Waals surface area contributed by atoms with Gasteiger partial charge in [-0.05, 0) is 55.5 Å². The maximum absolute atomic E-state index is 11.4. The number of pyridine rings is 1. The Morgan fingerprint density at radius 2 is 2.20 bits per heavy atom. The number of nitrogens with zero attached hydrogens (tertiary/aromatic N) is 3. The predicted molar refractivity (Wildman–Crippen MR) is 116 cm³/mol. The molecule has 0 radical (unpaired) electrons. The molecule has 0 amide bonds. The van der Waals surface area contributed by atoms with E-state index < -0.39 is 5.97 Å². The zero-order chi connectivity index (χ0) is 21.3. The number of aromatic nitrogens is 2. The van der Waals surface area contributed by atoms with Crippen LogP contribution in [0, 0.1) is 6.92 Å². The highest BCUT2D eigenvalue weighted by Gasteiger charge is 2.27. The maximum atomic E-state index is 11.4. The Hall–Kier alpha value is -2.90. The minimum Gasteiger partial charge on any atom is -0.481 e. The molecule has 0 spiro atoms. The van der Waals surface area contributed by atoms with Gasteiger partial charge in [0, 0.05) is 29.9 Å². The van der Waals surface area contributed by atoms with Gasteiger partial charge in [-0.3, -0.25) is 10.0 Å². The average molecular weight is 409 g/mol. The van der Waals surface area contributed by atoms with Crippen LogP contribution in [0.4, 0.5) is 5.69 Å². The third-order valence-electron chi connectivity index (χ3n) is 5.79. The second kappa shape index (κ2) is 8.45. The molecule has 0 aliphatic carbocycles. The minimum absolute atomic E-state index is 0.00150. The van der Waals surface area contributed by atoms with Crippen molar-refractivity contribution in [2.24, 2.45) is 0 Å². The van der Waals surface area contributed by atoms with E-state index in [1.807, 2.05) is 24.3 Å². The third kappa shape index (κ3) is 3.91. The van der Waals surface area contributed by atoms with Gasteiger partial charge in [-0.2, -0.15) is 5.17 Å². The molecule has 1 aliphatic heterocycles. The Balaban J connectivity index is 1.59. The molecule has 0 saturated heterocycles. The second-order valence-electron chi connectivity index (χ2n) is 8.04. The topological polar surface area (TPSA) is 90.6 Å². The number of benzene rings is 1. The number of rotatable bonds is 7. The van der Waals surface area contributed by atoms with E-state index in [2.05, 4.69) is 34.9 Å². The lowest BCUT2D eigenvalue weighted by Crippen LogP contribution is -2.47. The first-order valence-corrected chi connectivity index (χ1v) is 10.5. The highest BCUT2D eigenvalue weighted by atomic mass is 16.5. The summed E-state index contributed by atoms with van der Waals surface area (Å²) in [6, 6.07) is 9.85. The lowest BCUT2D eigenvalue weighted by molar-refractivity contribution is -0.136. The summed E-state index contributed by atoms with van der Waals surface area (Å²) < 4.78 is 2.10. The lowest BCUT2D eigenvalue weighted by Gasteiger charge is -2.31. The molecule has 1 unspecified atom stereocenters. The van der Waals surface area contributed by atoms with Gasteiger partial charge in [-0.15, -0.1) is 0 Å². The molecule has 3 aromatic rings. The van der Waals surface area contributed by atoms with Crippen molar-refractivity contribution in [3.8, 4) is 0 Å². The zero-order valence-corrected chi connectivity index (χ0v) is 17.4. The smallest absolute Gasteiger partial charge is 0.307 e. The molecule has 0 bridgehead atoms. The summed E-state index contributed by atoms with van der Waals surface area (Å²) in [4.78, 5) is 15.9. The summed E-state index contributed by atoms with van der Waals surface area (Å²) in [6.07, 6.45) is 5.17. The Bertz CT molecular complexity index is 1080. The van der Waals surface area contributed by atoms with Crippen molar-refractivity contribution in [1.82, 2.24) is 15.0 Å². The first-order chi connectivity index (χ1) is 14.5. The quantitative estimate of drug-likeness (QED) is 0.517. The fourth-order valence-corrected chi connectivity index (χ4v) is 4.49. The molecule has 3 heterocycles. The molecule has 158 valence electrons. The number of aliphatic carboxylic acids is 1. The molecular formula is C23H28N4O3. The largest absolute Gasteiger partial charge is 0.481 e. The Morgan fingerprint density at radius 1 is 1.37 bits per heavy atom. The van der Waals surface area contributed by atoms with Crippen molar-refractivity contribution in [3.63, 3.8) is 0 Å². The average Bonchev–Trinajstić information content (AvgIpc) is 3.01. The molecule has 7 heteroatoms. The van der Waals surface area contributed by atoms with Crippen molar-refractivity contribution in [2.45, 2.75) is 58.5 Å². The van der Waals surface area contributed by atoms with Crippen LogP contribution in [0.15, 0.2) is 36.5 Å². The van der Waals surface area contributed by atoms with Gasteiger partial charge in [-0.25, -0.2) is 10.4 Å². The third-order valence-corrected chi connectivity index (χ3v) is 5.79. The van der Waals surface area contributed by atoms with Crippen LogP contribution < -0.4 is 10.6 Å². The molecule has 0 fully saturated rings. The summed E-state index contributed by atoms with van der Waals surface area (Å²) in [6.45, 7) is 4.80. The van der Waals surface area contributed by atoms with Crippen LogP contribution in [0.2, 0.25) is 0 Å². The standard InChI is InChI=1S/C23H28N4O3/c1-3-5-16-12-15(2)7-9-20(16)27(30)25-17-8-10-21-19(13-22(28)29)18-6-4-11-24-23(18)26(21)14-17/h4,6-7,9,11-12,17,25,30H,3,5,8,10,13-14H2,1-2H3,(H,28,29). The number of anilines is 1. The van der Waals surface area contributed by atoms with Crippen molar-refractivity contribution in [1.29, 1.82) is 0 Å². The maximum Gasteiger partial charge on any atom is 0.307 e. The summed E-state index contributed by atoms with van der Waals surface area (Å²) in [5, 5.41) is 22.2. The Kier molecular flexibility index (Phi) is 5.74. The number of carbonyl (C=O) groups is 1. The van der Waals surface area contributed by atoms with Gasteiger partial charge in [0.2, 0.25) is 0 Å². The van der Waals surface area contributed by atoms with E-state index in [1.165, 1.54) is 5.56 Å². The number of hydrazine groups is 1. The van der Waals surface area contributed by atoms with Crippen LogP contribution in [0.3, 0.4) is 0 Å². The van der Waals surface area contributed by atoms with E-state index >= 15 is 0 Å². The Morgan fingerprint density at radius 3 is 2.97 bits per heavy atom. The first-order valence-electron chi connectivity index (χ1n) is 10.5. The second-order valence-corrected chi connectivity index (χ2v) is 8.04. The van der Waals surface area contributed by atoms with E-state index in [0.29, 0.717) is 6.54 Å². The van der Waals surface area contributed by atoms with E-state index in [1.54, 1.807) is 6.20 Å². The molecule has 0 saturated carbocycles. The number of hydrogen-bond acceptors (Lipinski definition) is 5. The monoisotopic (exact) mass is 408 g/mol. The van der Waals surface area contributed by atoms with Gasteiger partial charge >= 0.3 is 5.97 Å². The number of hydrogen-bond donors (Lipinski definition) is 3.